The Balaban J connectivity index is 2.01. The molecular weight excluding hydrogens is 326 g/mol. The number of rotatable bonds is 3. The van der Waals surface area contributed by atoms with Gasteiger partial charge in [-0.3, -0.25) is 19.3 Å². The highest BCUT2D eigenvalue weighted by Crippen LogP contribution is 2.24. The highest BCUT2D eigenvalue weighted by molar-refractivity contribution is 9.10. The average Bonchev–Trinajstić information content (AvgIpc) is 2.37. The quantitative estimate of drug-likeness (QED) is 0.644. The first-order chi connectivity index (χ1) is 9.47. The Hall–Kier alpha value is -1.89. The Bertz CT molecular complexity index is 558. The van der Waals surface area contributed by atoms with Crippen LogP contribution in [0.1, 0.15) is 19.3 Å². The molecule has 2 rings (SSSR count). The SMILES string of the molecule is Nc1ccc(NC(=O)CN2C(=O)CCCC2=O)c(Br)c1. The van der Waals surface area contributed by atoms with Gasteiger partial charge in [-0.05, 0) is 40.5 Å². The van der Waals surface area contributed by atoms with E-state index in [-0.39, 0.29) is 18.4 Å². The van der Waals surface area contributed by atoms with E-state index in [1.165, 1.54) is 0 Å². The lowest BCUT2D eigenvalue weighted by molar-refractivity contribution is -0.150. The zero-order valence-corrected chi connectivity index (χ0v) is 12.3. The lowest BCUT2D eigenvalue weighted by Crippen LogP contribution is -2.44. The Labute approximate surface area is 124 Å². The van der Waals surface area contributed by atoms with E-state index in [4.69, 9.17) is 5.73 Å². The summed E-state index contributed by atoms with van der Waals surface area (Å²) in [5.41, 5.74) is 6.71. The smallest absolute Gasteiger partial charge is 0.244 e. The molecule has 3 N–H and O–H groups in total. The van der Waals surface area contributed by atoms with Crippen molar-refractivity contribution >= 4 is 45.0 Å². The first-order valence-electron chi connectivity index (χ1n) is 6.15. The highest BCUT2D eigenvalue weighted by atomic mass is 79.9. The molecule has 1 aliphatic heterocycles. The van der Waals surface area contributed by atoms with Crippen molar-refractivity contribution in [2.24, 2.45) is 0 Å². The standard InChI is InChI=1S/C13H14BrN3O3/c14-9-6-8(15)4-5-10(9)16-11(18)7-17-12(19)2-1-3-13(17)20/h4-6H,1-3,7,15H2,(H,16,18). The van der Waals surface area contributed by atoms with E-state index in [0.29, 0.717) is 35.1 Å². The van der Waals surface area contributed by atoms with Gasteiger partial charge in [0.05, 0.1) is 5.69 Å². The molecule has 0 radical (unpaired) electrons. The zero-order chi connectivity index (χ0) is 14.7. The number of nitrogens with zero attached hydrogens (tertiary/aromatic N) is 1. The number of imide groups is 1. The molecule has 0 bridgehead atoms. The van der Waals surface area contributed by atoms with Crippen molar-refractivity contribution < 1.29 is 14.4 Å². The van der Waals surface area contributed by atoms with Crippen LogP contribution in [0, 0.1) is 0 Å². The van der Waals surface area contributed by atoms with Crippen molar-refractivity contribution in [3.8, 4) is 0 Å². The predicted molar refractivity (Wildman–Crippen MR) is 77.8 cm³/mol. The van der Waals surface area contributed by atoms with E-state index >= 15 is 0 Å². The molecule has 0 spiro atoms. The monoisotopic (exact) mass is 339 g/mol. The van der Waals surface area contributed by atoms with Crippen molar-refractivity contribution in [3.05, 3.63) is 22.7 Å². The van der Waals surface area contributed by atoms with Crippen molar-refractivity contribution in [3.63, 3.8) is 0 Å². The second-order valence-corrected chi connectivity index (χ2v) is 5.37. The summed E-state index contributed by atoms with van der Waals surface area (Å²) in [5.74, 6) is -1.01. The van der Waals surface area contributed by atoms with Crippen molar-refractivity contribution in [1.29, 1.82) is 0 Å². The molecule has 106 valence electrons. The van der Waals surface area contributed by atoms with Gasteiger partial charge in [0.2, 0.25) is 17.7 Å². The number of hydrogen-bond acceptors (Lipinski definition) is 4. The van der Waals surface area contributed by atoms with Gasteiger partial charge in [0.15, 0.2) is 0 Å². The summed E-state index contributed by atoms with van der Waals surface area (Å²) < 4.78 is 0.641. The molecule has 1 saturated heterocycles. The number of hydrogen-bond donors (Lipinski definition) is 2. The molecule has 0 aromatic heterocycles. The molecule has 3 amide bonds. The Morgan fingerprint density at radius 3 is 2.55 bits per heavy atom. The van der Waals surface area contributed by atoms with Crippen LogP contribution < -0.4 is 11.1 Å². The minimum atomic E-state index is -0.418. The van der Waals surface area contributed by atoms with Gasteiger partial charge in [-0.1, -0.05) is 0 Å². The number of carbonyl (C=O) groups is 3. The molecule has 0 unspecified atom stereocenters. The van der Waals surface area contributed by atoms with Crippen molar-refractivity contribution in [2.45, 2.75) is 19.3 Å². The van der Waals surface area contributed by atoms with Crippen LogP contribution in [0.3, 0.4) is 0 Å². The topological polar surface area (TPSA) is 92.5 Å². The number of benzene rings is 1. The van der Waals surface area contributed by atoms with Gasteiger partial charge in [-0.2, -0.15) is 0 Å². The molecule has 0 saturated carbocycles. The average molecular weight is 340 g/mol. The van der Waals surface area contributed by atoms with E-state index in [1.54, 1.807) is 18.2 Å². The molecule has 20 heavy (non-hydrogen) atoms. The van der Waals surface area contributed by atoms with Crippen LogP contribution in [-0.2, 0) is 14.4 Å². The van der Waals surface area contributed by atoms with E-state index in [0.717, 1.165) is 4.90 Å². The molecule has 6 nitrogen and oxygen atoms in total. The van der Waals surface area contributed by atoms with E-state index < -0.39 is 5.91 Å². The molecule has 0 aliphatic carbocycles. The number of likely N-dealkylation sites (tertiary alicyclic amines) is 1. The van der Waals surface area contributed by atoms with E-state index in [2.05, 4.69) is 21.2 Å². The highest BCUT2D eigenvalue weighted by Gasteiger charge is 2.27. The molecule has 1 aromatic carbocycles. The summed E-state index contributed by atoms with van der Waals surface area (Å²) in [6.45, 7) is -0.255. The molecule has 1 aromatic rings. The van der Waals surface area contributed by atoms with Crippen LogP contribution in [-0.4, -0.2) is 29.2 Å². The van der Waals surface area contributed by atoms with Crippen LogP contribution >= 0.6 is 15.9 Å². The molecule has 1 fully saturated rings. The number of halogens is 1. The predicted octanol–water partition coefficient (Wildman–Crippen LogP) is 1.51. The van der Waals surface area contributed by atoms with Crippen LogP contribution in [0.15, 0.2) is 22.7 Å². The van der Waals surface area contributed by atoms with Crippen LogP contribution in [0.5, 0.6) is 0 Å². The number of piperidine rings is 1. The third-order valence-electron chi connectivity index (χ3n) is 2.95. The lowest BCUT2D eigenvalue weighted by Gasteiger charge is -2.24. The maximum atomic E-state index is 11.9. The van der Waals surface area contributed by atoms with Gasteiger partial charge in [0.25, 0.3) is 0 Å². The van der Waals surface area contributed by atoms with Crippen LogP contribution in [0.4, 0.5) is 11.4 Å². The van der Waals surface area contributed by atoms with Gasteiger partial charge < -0.3 is 11.1 Å². The zero-order valence-electron chi connectivity index (χ0n) is 10.7. The minimum absolute atomic E-state index is 0.255. The first kappa shape index (κ1) is 14.5. The largest absolute Gasteiger partial charge is 0.399 e. The Morgan fingerprint density at radius 1 is 1.30 bits per heavy atom. The van der Waals surface area contributed by atoms with E-state index in [9.17, 15) is 14.4 Å². The van der Waals surface area contributed by atoms with Gasteiger partial charge in [0.1, 0.15) is 6.54 Å². The molecule has 7 heteroatoms. The molecule has 1 heterocycles. The Morgan fingerprint density at radius 2 is 1.95 bits per heavy atom. The Kier molecular flexibility index (Phi) is 4.39. The first-order valence-corrected chi connectivity index (χ1v) is 6.95. The van der Waals surface area contributed by atoms with Gasteiger partial charge in [0, 0.05) is 23.0 Å². The number of nitrogens with two attached hydrogens (primary N) is 1. The number of amides is 3. The van der Waals surface area contributed by atoms with Gasteiger partial charge >= 0.3 is 0 Å². The summed E-state index contributed by atoms with van der Waals surface area (Å²) in [7, 11) is 0. The molecule has 0 atom stereocenters. The number of anilines is 2. The molecular formula is C13H14BrN3O3. The third-order valence-corrected chi connectivity index (χ3v) is 3.61. The fourth-order valence-electron chi connectivity index (χ4n) is 1.94. The van der Waals surface area contributed by atoms with Crippen molar-refractivity contribution in [2.75, 3.05) is 17.6 Å². The fourth-order valence-corrected chi connectivity index (χ4v) is 2.44. The van der Waals surface area contributed by atoms with Crippen LogP contribution in [0.25, 0.3) is 0 Å². The summed E-state index contributed by atoms with van der Waals surface area (Å²) in [6, 6.07) is 4.96. The number of nitrogens with one attached hydrogen (secondary N) is 1. The fraction of sp³-hybridized carbons (Fsp3) is 0.308. The van der Waals surface area contributed by atoms with Crippen molar-refractivity contribution in [1.82, 2.24) is 4.90 Å². The van der Waals surface area contributed by atoms with Crippen LogP contribution in [0.2, 0.25) is 0 Å². The summed E-state index contributed by atoms with van der Waals surface area (Å²) in [6.07, 6.45) is 1.18. The second kappa shape index (κ2) is 6.04. The maximum Gasteiger partial charge on any atom is 0.244 e. The normalized spacial score (nSPS) is 15.3. The number of carbonyl (C=O) groups excluding carboxylic acids is 3. The minimum Gasteiger partial charge on any atom is -0.399 e. The van der Waals surface area contributed by atoms with E-state index in [1.807, 2.05) is 0 Å². The summed E-state index contributed by atoms with van der Waals surface area (Å²) in [4.78, 5) is 36.1. The second-order valence-electron chi connectivity index (χ2n) is 4.51. The van der Waals surface area contributed by atoms with Gasteiger partial charge in [-0.25, -0.2) is 0 Å². The maximum absolute atomic E-state index is 11.9. The third kappa shape index (κ3) is 3.36. The summed E-state index contributed by atoms with van der Waals surface area (Å²) in [5, 5.41) is 2.64. The molecule has 1 aliphatic rings. The van der Waals surface area contributed by atoms with Gasteiger partial charge in [-0.15, -0.1) is 0 Å². The number of nitrogen functional groups attached to an aromatic ring is 1. The lowest BCUT2D eigenvalue weighted by atomic mass is 10.1. The summed E-state index contributed by atoms with van der Waals surface area (Å²) >= 11 is 3.28.